The maximum Gasteiger partial charge on any atom is 0.330 e. The molecule has 1 amide bonds. The molecule has 10 heteroatoms. The summed E-state index contributed by atoms with van der Waals surface area (Å²) < 4.78 is 22.3. The van der Waals surface area contributed by atoms with Gasteiger partial charge in [0.05, 0.1) is 37.8 Å². The molecular formula is C36H36N2O8. The Hall–Kier alpha value is -5.04. The second-order valence-corrected chi connectivity index (χ2v) is 12.2. The monoisotopic (exact) mass is 624 g/mol. The Labute approximate surface area is 267 Å². The minimum atomic E-state index is -1.85. The van der Waals surface area contributed by atoms with Gasteiger partial charge in [-0.05, 0) is 67.3 Å². The SMILES string of the molecule is COc1ccc(C2C(C(=O)c3ccc(C#N)cc3)C(c3ccc4c(c3)OCO4)N(C(=O)C3CCCCC3)C2(C)C(=O)O)cc1OC. The fraction of sp³-hybridized carbons (Fsp3) is 0.389. The smallest absolute Gasteiger partial charge is 0.330 e. The van der Waals surface area contributed by atoms with Crippen LogP contribution in [0, 0.1) is 23.2 Å². The van der Waals surface area contributed by atoms with Crippen molar-refractivity contribution in [1.29, 1.82) is 5.26 Å². The number of methoxy groups -OCH3 is 2. The molecule has 3 aromatic rings. The van der Waals surface area contributed by atoms with Crippen molar-refractivity contribution in [2.75, 3.05) is 21.0 Å². The van der Waals surface area contributed by atoms with Crippen molar-refractivity contribution in [3.05, 3.63) is 82.9 Å². The van der Waals surface area contributed by atoms with Crippen molar-refractivity contribution in [1.82, 2.24) is 4.90 Å². The van der Waals surface area contributed by atoms with Crippen molar-refractivity contribution in [2.24, 2.45) is 11.8 Å². The zero-order valence-corrected chi connectivity index (χ0v) is 26.0. The number of benzene rings is 3. The first-order valence-corrected chi connectivity index (χ1v) is 15.4. The van der Waals surface area contributed by atoms with E-state index in [0.29, 0.717) is 58.1 Å². The molecule has 4 atom stereocenters. The van der Waals surface area contributed by atoms with Gasteiger partial charge in [0.2, 0.25) is 12.7 Å². The Bertz CT molecular complexity index is 1710. The lowest BCUT2D eigenvalue weighted by molar-refractivity contribution is -0.160. The molecule has 6 rings (SSSR count). The molecule has 0 bridgehead atoms. The fourth-order valence-electron chi connectivity index (χ4n) is 7.51. The number of nitrogens with zero attached hydrogens (tertiary/aromatic N) is 2. The summed E-state index contributed by atoms with van der Waals surface area (Å²) in [5.41, 5.74) is -0.0755. The van der Waals surface area contributed by atoms with Crippen LogP contribution in [0.15, 0.2) is 60.7 Å². The summed E-state index contributed by atoms with van der Waals surface area (Å²) in [6.07, 6.45) is 4.05. The number of aliphatic carboxylic acids is 1. The van der Waals surface area contributed by atoms with Crippen LogP contribution >= 0.6 is 0 Å². The largest absolute Gasteiger partial charge is 0.493 e. The van der Waals surface area contributed by atoms with E-state index in [9.17, 15) is 24.8 Å². The topological polar surface area (TPSA) is 135 Å². The van der Waals surface area contributed by atoms with E-state index < -0.39 is 29.4 Å². The molecule has 46 heavy (non-hydrogen) atoms. The third-order valence-corrected chi connectivity index (χ3v) is 9.81. The quantitative estimate of drug-likeness (QED) is 0.304. The zero-order chi connectivity index (χ0) is 32.6. The molecule has 3 aliphatic rings. The highest BCUT2D eigenvalue weighted by molar-refractivity contribution is 6.02. The van der Waals surface area contributed by atoms with Crippen LogP contribution in [0.25, 0.3) is 0 Å². The van der Waals surface area contributed by atoms with Crippen molar-refractivity contribution in [3.8, 4) is 29.1 Å². The van der Waals surface area contributed by atoms with E-state index in [1.807, 2.05) is 0 Å². The standard InChI is InChI=1S/C36H36N2O8/c1-36(35(41)42)31(24-13-15-26(43-2)28(17-24)44-3)30(33(39)22-11-9-21(19-37)10-12-22)32(25-14-16-27-29(18-25)46-20-45-27)38(36)34(40)23-7-5-4-6-8-23/h9-18,23,30-32H,4-8,20H2,1-3H3,(H,41,42). The van der Waals surface area contributed by atoms with Gasteiger partial charge in [-0.15, -0.1) is 0 Å². The van der Waals surface area contributed by atoms with Gasteiger partial charge in [-0.2, -0.15) is 5.26 Å². The molecule has 0 radical (unpaired) electrons. The van der Waals surface area contributed by atoms with Crippen LogP contribution in [-0.2, 0) is 9.59 Å². The van der Waals surface area contributed by atoms with Gasteiger partial charge in [0.15, 0.2) is 28.8 Å². The van der Waals surface area contributed by atoms with E-state index in [0.717, 1.165) is 19.3 Å². The molecule has 4 unspecified atom stereocenters. The third kappa shape index (κ3) is 5.10. The molecule has 2 heterocycles. The molecule has 2 aliphatic heterocycles. The normalized spacial score (nSPS) is 23.9. The summed E-state index contributed by atoms with van der Waals surface area (Å²) in [6.45, 7) is 1.58. The van der Waals surface area contributed by atoms with Crippen LogP contribution in [0.4, 0.5) is 0 Å². The van der Waals surface area contributed by atoms with Crippen LogP contribution in [0.5, 0.6) is 23.0 Å². The minimum Gasteiger partial charge on any atom is -0.493 e. The van der Waals surface area contributed by atoms with Crippen molar-refractivity contribution < 1.29 is 38.4 Å². The second-order valence-electron chi connectivity index (χ2n) is 12.2. The lowest BCUT2D eigenvalue weighted by Crippen LogP contribution is -2.55. The zero-order valence-electron chi connectivity index (χ0n) is 26.0. The van der Waals surface area contributed by atoms with E-state index in [2.05, 4.69) is 6.07 Å². The number of Topliss-reactive ketones (excluding diaryl/α,β-unsaturated/α-hetero) is 1. The Morgan fingerprint density at radius 1 is 0.891 bits per heavy atom. The van der Waals surface area contributed by atoms with Crippen molar-refractivity contribution in [2.45, 2.75) is 56.5 Å². The van der Waals surface area contributed by atoms with E-state index in [4.69, 9.17) is 18.9 Å². The lowest BCUT2D eigenvalue weighted by Gasteiger charge is -2.40. The highest BCUT2D eigenvalue weighted by Gasteiger charge is 2.65. The van der Waals surface area contributed by atoms with E-state index >= 15 is 0 Å². The van der Waals surface area contributed by atoms with Crippen LogP contribution in [0.1, 0.15) is 78.0 Å². The van der Waals surface area contributed by atoms with E-state index in [1.165, 1.54) is 19.1 Å². The summed E-state index contributed by atoms with van der Waals surface area (Å²) >= 11 is 0. The Kier molecular flexibility index (Phi) is 8.34. The van der Waals surface area contributed by atoms with Crippen LogP contribution in [0.2, 0.25) is 0 Å². The average Bonchev–Trinajstić information content (AvgIpc) is 3.68. The summed E-state index contributed by atoms with van der Waals surface area (Å²) in [6, 6.07) is 17.7. The summed E-state index contributed by atoms with van der Waals surface area (Å²) in [5, 5.41) is 20.6. The highest BCUT2D eigenvalue weighted by Crippen LogP contribution is 2.58. The Balaban J connectivity index is 1.62. The van der Waals surface area contributed by atoms with Crippen molar-refractivity contribution in [3.63, 3.8) is 0 Å². The summed E-state index contributed by atoms with van der Waals surface area (Å²) in [7, 11) is 2.99. The molecule has 10 nitrogen and oxygen atoms in total. The maximum atomic E-state index is 14.9. The number of carbonyl (C=O) groups excluding carboxylic acids is 2. The molecule has 1 saturated carbocycles. The maximum absolute atomic E-state index is 14.9. The second kappa shape index (κ2) is 12.4. The van der Waals surface area contributed by atoms with Gasteiger partial charge < -0.3 is 29.0 Å². The van der Waals surface area contributed by atoms with Crippen molar-refractivity contribution >= 4 is 17.7 Å². The Morgan fingerprint density at radius 3 is 2.22 bits per heavy atom. The van der Waals surface area contributed by atoms with E-state index in [1.54, 1.807) is 67.6 Å². The molecule has 0 aromatic heterocycles. The summed E-state index contributed by atoms with van der Waals surface area (Å²) in [4.78, 5) is 44.8. The highest BCUT2D eigenvalue weighted by atomic mass is 16.7. The van der Waals surface area contributed by atoms with Gasteiger partial charge in [-0.1, -0.05) is 43.5 Å². The first-order chi connectivity index (χ1) is 22.2. The van der Waals surface area contributed by atoms with Gasteiger partial charge in [-0.25, -0.2) is 4.79 Å². The number of amides is 1. The molecule has 2 fully saturated rings. The number of carboxylic acids is 1. The first-order valence-electron chi connectivity index (χ1n) is 15.4. The van der Waals surface area contributed by atoms with Crippen LogP contribution < -0.4 is 18.9 Å². The lowest BCUT2D eigenvalue weighted by atomic mass is 9.71. The number of hydrogen-bond acceptors (Lipinski definition) is 8. The number of carbonyl (C=O) groups is 3. The van der Waals surface area contributed by atoms with Gasteiger partial charge >= 0.3 is 5.97 Å². The predicted molar refractivity (Wildman–Crippen MR) is 166 cm³/mol. The van der Waals surface area contributed by atoms with Gasteiger partial charge in [0.25, 0.3) is 0 Å². The first kappa shape index (κ1) is 31.0. The van der Waals surface area contributed by atoms with Crippen LogP contribution in [0.3, 0.4) is 0 Å². The minimum absolute atomic E-state index is 0.0306. The molecule has 1 aliphatic carbocycles. The predicted octanol–water partition coefficient (Wildman–Crippen LogP) is 5.89. The molecular weight excluding hydrogens is 588 g/mol. The van der Waals surface area contributed by atoms with Gasteiger partial charge in [0.1, 0.15) is 5.54 Å². The molecule has 0 spiro atoms. The third-order valence-electron chi connectivity index (χ3n) is 9.81. The number of ketones is 1. The number of nitriles is 1. The number of ether oxygens (including phenoxy) is 4. The number of rotatable bonds is 8. The molecule has 1 N–H and O–H groups in total. The number of carboxylic acid groups (broad SMARTS) is 1. The van der Waals surface area contributed by atoms with E-state index in [-0.39, 0.29) is 24.4 Å². The number of hydrogen-bond donors (Lipinski definition) is 1. The van der Waals surface area contributed by atoms with Gasteiger partial charge in [-0.3, -0.25) is 9.59 Å². The average molecular weight is 625 g/mol. The van der Waals surface area contributed by atoms with Gasteiger partial charge in [0, 0.05) is 17.4 Å². The summed E-state index contributed by atoms with van der Waals surface area (Å²) in [5.74, 6) is -2.48. The van der Waals surface area contributed by atoms with Crippen LogP contribution in [-0.4, -0.2) is 54.2 Å². The molecule has 3 aromatic carbocycles. The number of likely N-dealkylation sites (tertiary alicyclic amines) is 1. The fourth-order valence-corrected chi connectivity index (χ4v) is 7.51. The number of fused-ring (bicyclic) bond motifs is 1. The molecule has 1 saturated heterocycles. The Morgan fingerprint density at radius 2 is 1.57 bits per heavy atom. The molecule has 238 valence electrons.